The van der Waals surface area contributed by atoms with Crippen LogP contribution in [0.25, 0.3) is 16.1 Å². The van der Waals surface area contributed by atoms with Crippen LogP contribution in [0.4, 0.5) is 5.69 Å². The molecule has 0 spiro atoms. The summed E-state index contributed by atoms with van der Waals surface area (Å²) in [5.41, 5.74) is 0.990. The predicted octanol–water partition coefficient (Wildman–Crippen LogP) is 4.38. The Morgan fingerprint density at radius 1 is 1.17 bits per heavy atom. The van der Waals surface area contributed by atoms with Gasteiger partial charge in [-0.15, -0.1) is 11.3 Å². The monoisotopic (exact) mass is 421 g/mol. The number of thiophene rings is 1. The number of carbonyl (C=O) groups excluding carboxylic acids is 2. The van der Waals surface area contributed by atoms with E-state index in [0.717, 1.165) is 4.88 Å². The van der Waals surface area contributed by atoms with Crippen LogP contribution >= 0.6 is 11.3 Å². The highest BCUT2D eigenvalue weighted by Crippen LogP contribution is 2.29. The lowest BCUT2D eigenvalue weighted by Crippen LogP contribution is -2.08. The lowest BCUT2D eigenvalue weighted by atomic mass is 10.1. The molecular formula is C21H15N3O5S. The number of esters is 1. The van der Waals surface area contributed by atoms with Crippen LogP contribution in [-0.4, -0.2) is 32.7 Å². The Kier molecular flexibility index (Phi) is 5.11. The van der Waals surface area contributed by atoms with Crippen molar-refractivity contribution in [3.63, 3.8) is 0 Å². The van der Waals surface area contributed by atoms with E-state index in [-0.39, 0.29) is 29.1 Å². The van der Waals surface area contributed by atoms with Crippen molar-refractivity contribution in [2.45, 2.75) is 6.92 Å². The second-order valence-electron chi connectivity index (χ2n) is 6.27. The maximum absolute atomic E-state index is 13.2. The van der Waals surface area contributed by atoms with Gasteiger partial charge < -0.3 is 4.74 Å². The summed E-state index contributed by atoms with van der Waals surface area (Å²) in [5.74, 6) is -1.17. The third-order valence-corrected chi connectivity index (χ3v) is 5.40. The number of aromatic nitrogens is 2. The molecule has 0 amide bonds. The van der Waals surface area contributed by atoms with Crippen LogP contribution in [0.15, 0.2) is 60.2 Å². The van der Waals surface area contributed by atoms with Crippen molar-refractivity contribution in [1.29, 1.82) is 0 Å². The number of ether oxygens (including phenoxy) is 1. The molecule has 0 bridgehead atoms. The molecule has 0 radical (unpaired) electrons. The Bertz CT molecular complexity index is 1280. The van der Waals surface area contributed by atoms with Crippen LogP contribution in [0.3, 0.4) is 0 Å². The molecule has 0 saturated heterocycles. The third kappa shape index (κ3) is 3.35. The molecule has 0 aliphatic heterocycles. The summed E-state index contributed by atoms with van der Waals surface area (Å²) in [7, 11) is 0. The molecule has 3 heterocycles. The van der Waals surface area contributed by atoms with Gasteiger partial charge in [-0.05, 0) is 36.6 Å². The van der Waals surface area contributed by atoms with E-state index in [4.69, 9.17) is 4.74 Å². The van der Waals surface area contributed by atoms with Gasteiger partial charge in [0.05, 0.1) is 38.9 Å². The van der Waals surface area contributed by atoms with Gasteiger partial charge in [-0.3, -0.25) is 19.3 Å². The normalized spacial score (nSPS) is 10.8. The highest BCUT2D eigenvalue weighted by Gasteiger charge is 2.26. The van der Waals surface area contributed by atoms with E-state index in [1.54, 1.807) is 19.1 Å². The number of fused-ring (bicyclic) bond motifs is 1. The fourth-order valence-corrected chi connectivity index (χ4v) is 3.86. The number of rotatable bonds is 6. The predicted molar refractivity (Wildman–Crippen MR) is 111 cm³/mol. The molecule has 150 valence electrons. The van der Waals surface area contributed by atoms with Crippen LogP contribution in [0.2, 0.25) is 0 Å². The number of hydrogen-bond acceptors (Lipinski definition) is 7. The standard InChI is InChI=1S/C21H15N3O5S/c1-2-29-21(26)14-10-18(20(25)13-6-3-4-7-16(13)24(27)28)23-12-22-15(11-17(14)23)19-8-5-9-30-19/h3-12H,2H2,1H3. The zero-order valence-corrected chi connectivity index (χ0v) is 16.6. The molecule has 0 saturated carbocycles. The van der Waals surface area contributed by atoms with Crippen LogP contribution in [-0.2, 0) is 4.74 Å². The van der Waals surface area contributed by atoms with Gasteiger partial charge in [-0.1, -0.05) is 18.2 Å². The summed E-state index contributed by atoms with van der Waals surface area (Å²) in [5, 5.41) is 13.3. The van der Waals surface area contributed by atoms with Crippen molar-refractivity contribution in [1.82, 2.24) is 9.38 Å². The number of nitro groups is 1. The molecule has 4 rings (SSSR count). The first-order chi connectivity index (χ1) is 14.5. The number of benzene rings is 1. The Morgan fingerprint density at radius 2 is 1.97 bits per heavy atom. The van der Waals surface area contributed by atoms with E-state index < -0.39 is 16.7 Å². The van der Waals surface area contributed by atoms with Crippen molar-refractivity contribution in [3.8, 4) is 10.6 Å². The van der Waals surface area contributed by atoms with Gasteiger partial charge in [0, 0.05) is 6.07 Å². The molecular weight excluding hydrogens is 406 g/mol. The first-order valence-corrected chi connectivity index (χ1v) is 9.89. The molecule has 1 aromatic carbocycles. The first kappa shape index (κ1) is 19.5. The largest absolute Gasteiger partial charge is 0.462 e. The Labute approximate surface area is 174 Å². The Hall–Kier alpha value is -3.85. The first-order valence-electron chi connectivity index (χ1n) is 9.01. The molecule has 0 unspecified atom stereocenters. The van der Waals surface area contributed by atoms with Crippen LogP contribution in [0, 0.1) is 10.1 Å². The molecule has 0 atom stereocenters. The number of ketones is 1. The third-order valence-electron chi connectivity index (χ3n) is 4.51. The highest BCUT2D eigenvalue weighted by atomic mass is 32.1. The average molecular weight is 421 g/mol. The summed E-state index contributed by atoms with van der Waals surface area (Å²) in [6, 6.07) is 12.6. The van der Waals surface area contributed by atoms with Gasteiger partial charge in [0.2, 0.25) is 5.78 Å². The van der Waals surface area contributed by atoms with Gasteiger partial charge >= 0.3 is 5.97 Å². The van der Waals surface area contributed by atoms with Crippen molar-refractivity contribution >= 4 is 34.3 Å². The van der Waals surface area contributed by atoms with Gasteiger partial charge in [0.15, 0.2) is 0 Å². The van der Waals surface area contributed by atoms with Gasteiger partial charge in [-0.2, -0.15) is 0 Å². The van der Waals surface area contributed by atoms with Crippen LogP contribution in [0.5, 0.6) is 0 Å². The number of nitrogens with zero attached hydrogens (tertiary/aromatic N) is 3. The van der Waals surface area contributed by atoms with E-state index in [0.29, 0.717) is 11.2 Å². The van der Waals surface area contributed by atoms with Crippen molar-refractivity contribution in [2.24, 2.45) is 0 Å². The molecule has 9 heteroatoms. The van der Waals surface area contributed by atoms with E-state index in [2.05, 4.69) is 4.98 Å². The number of carbonyl (C=O) groups is 2. The lowest BCUT2D eigenvalue weighted by Gasteiger charge is -2.05. The number of para-hydroxylation sites is 1. The molecule has 0 aliphatic rings. The number of hydrogen-bond donors (Lipinski definition) is 0. The minimum atomic E-state index is -0.609. The fraction of sp³-hybridized carbons (Fsp3) is 0.0952. The minimum absolute atomic E-state index is 0.0698. The maximum atomic E-state index is 13.2. The molecule has 3 aromatic heterocycles. The van der Waals surface area contributed by atoms with Crippen molar-refractivity contribution in [2.75, 3.05) is 6.61 Å². The molecule has 30 heavy (non-hydrogen) atoms. The van der Waals surface area contributed by atoms with Gasteiger partial charge in [0.1, 0.15) is 11.9 Å². The molecule has 0 fully saturated rings. The summed E-state index contributed by atoms with van der Waals surface area (Å²) in [6.45, 7) is 1.86. The van der Waals surface area contributed by atoms with E-state index >= 15 is 0 Å². The minimum Gasteiger partial charge on any atom is -0.462 e. The second kappa shape index (κ2) is 7.88. The average Bonchev–Trinajstić information content (AvgIpc) is 3.41. The molecule has 8 nitrogen and oxygen atoms in total. The summed E-state index contributed by atoms with van der Waals surface area (Å²) in [6.07, 6.45) is 1.44. The topological polar surface area (TPSA) is 104 Å². The molecule has 4 aromatic rings. The summed E-state index contributed by atoms with van der Waals surface area (Å²) in [4.78, 5) is 41.8. The summed E-state index contributed by atoms with van der Waals surface area (Å²) >= 11 is 1.49. The molecule has 0 N–H and O–H groups in total. The molecule has 0 aliphatic carbocycles. The van der Waals surface area contributed by atoms with E-state index in [1.165, 1.54) is 46.3 Å². The van der Waals surface area contributed by atoms with Gasteiger partial charge in [-0.25, -0.2) is 9.78 Å². The Balaban J connectivity index is 1.91. The maximum Gasteiger partial charge on any atom is 0.340 e. The van der Waals surface area contributed by atoms with Crippen molar-refractivity contribution < 1.29 is 19.2 Å². The quantitative estimate of drug-likeness (QED) is 0.198. The zero-order valence-electron chi connectivity index (χ0n) is 15.8. The number of nitro benzene ring substituents is 1. The Morgan fingerprint density at radius 3 is 2.67 bits per heavy atom. The summed E-state index contributed by atoms with van der Waals surface area (Å²) < 4.78 is 6.60. The lowest BCUT2D eigenvalue weighted by molar-refractivity contribution is -0.385. The van der Waals surface area contributed by atoms with E-state index in [9.17, 15) is 19.7 Å². The SMILES string of the molecule is CCOC(=O)c1cc(C(=O)c2ccccc2[N+](=O)[O-])n2cnc(-c3cccs3)cc12. The zero-order chi connectivity index (χ0) is 21.3. The van der Waals surface area contributed by atoms with Gasteiger partial charge in [0.25, 0.3) is 5.69 Å². The second-order valence-corrected chi connectivity index (χ2v) is 7.22. The van der Waals surface area contributed by atoms with Crippen LogP contribution in [0.1, 0.15) is 33.3 Å². The highest BCUT2D eigenvalue weighted by molar-refractivity contribution is 7.13. The van der Waals surface area contributed by atoms with Crippen LogP contribution < -0.4 is 0 Å². The van der Waals surface area contributed by atoms with Crippen molar-refractivity contribution in [3.05, 3.63) is 87.2 Å². The smallest absolute Gasteiger partial charge is 0.340 e. The van der Waals surface area contributed by atoms with E-state index in [1.807, 2.05) is 17.5 Å². The fourth-order valence-electron chi connectivity index (χ4n) is 3.17.